The molecule has 138 valence electrons. The molecule has 0 saturated carbocycles. The van der Waals surface area contributed by atoms with Crippen molar-refractivity contribution in [1.29, 1.82) is 0 Å². The lowest BCUT2D eigenvalue weighted by Gasteiger charge is -2.13. The van der Waals surface area contributed by atoms with Gasteiger partial charge >= 0.3 is 0 Å². The van der Waals surface area contributed by atoms with Crippen LogP contribution in [0.15, 0.2) is 60.1 Å². The van der Waals surface area contributed by atoms with Crippen molar-refractivity contribution in [3.63, 3.8) is 0 Å². The van der Waals surface area contributed by atoms with Crippen LogP contribution in [0.5, 0.6) is 11.5 Å². The molecule has 0 aliphatic heterocycles. The van der Waals surface area contributed by atoms with Gasteiger partial charge in [0.1, 0.15) is 6.61 Å². The average Bonchev–Trinajstić information content (AvgIpc) is 3.16. The molecular weight excluding hydrogens is 368 g/mol. The molecule has 0 fully saturated rings. The van der Waals surface area contributed by atoms with E-state index in [1.54, 1.807) is 11.3 Å². The van der Waals surface area contributed by atoms with Crippen molar-refractivity contribution >= 4 is 11.3 Å². The van der Waals surface area contributed by atoms with Crippen LogP contribution in [-0.2, 0) is 19.7 Å². The van der Waals surface area contributed by atoms with E-state index in [2.05, 4.69) is 27.8 Å². The normalized spacial score (nSPS) is 10.2. The minimum atomic E-state index is 0. The van der Waals surface area contributed by atoms with Crippen LogP contribution in [0.3, 0.4) is 0 Å². The van der Waals surface area contributed by atoms with Gasteiger partial charge in [-0.1, -0.05) is 18.2 Å². The van der Waals surface area contributed by atoms with E-state index in [0.717, 1.165) is 35.8 Å². The summed E-state index contributed by atoms with van der Waals surface area (Å²) in [5.41, 5.74) is 2.19. The molecule has 0 bridgehead atoms. The molecule has 0 atom stereocenters. The monoisotopic (exact) mass is 389 g/mol. The zero-order valence-electron chi connectivity index (χ0n) is 14.7. The van der Waals surface area contributed by atoms with Crippen LogP contribution in [0.1, 0.15) is 23.1 Å². The molecule has 3 aromatic rings. The topological polar surface area (TPSA) is 43.4 Å². The van der Waals surface area contributed by atoms with Crippen LogP contribution < -0.4 is 27.2 Å². The molecule has 0 aliphatic rings. The molecule has 0 spiro atoms. The number of hydrogen-bond acceptors (Lipinski definition) is 5. The Hall–Kier alpha value is -2.08. The van der Waals surface area contributed by atoms with Crippen molar-refractivity contribution in [3.05, 3.63) is 76.2 Å². The second-order valence-electron chi connectivity index (χ2n) is 5.51. The Balaban J connectivity index is 0.00000243. The predicted molar refractivity (Wildman–Crippen MR) is 101 cm³/mol. The maximum Gasteiger partial charge on any atom is 0.161 e. The molecule has 4 nitrogen and oxygen atoms in total. The Kier molecular flexibility index (Phi) is 8.41. The van der Waals surface area contributed by atoms with Gasteiger partial charge in [0.25, 0.3) is 0 Å². The van der Waals surface area contributed by atoms with Crippen molar-refractivity contribution in [1.82, 2.24) is 10.3 Å². The van der Waals surface area contributed by atoms with Gasteiger partial charge in [0, 0.05) is 24.2 Å². The van der Waals surface area contributed by atoms with Crippen LogP contribution in [0, 0.1) is 0 Å². The third-order valence-electron chi connectivity index (χ3n) is 3.62. The highest BCUT2D eigenvalue weighted by Gasteiger charge is 2.07. The quantitative estimate of drug-likeness (QED) is 0.601. The minimum absolute atomic E-state index is 0. The lowest BCUT2D eigenvalue weighted by molar-refractivity contribution is -0.00000589. The smallest absolute Gasteiger partial charge is 0.161 e. The van der Waals surface area contributed by atoms with Gasteiger partial charge in [-0.2, -0.15) is 0 Å². The first kappa shape index (κ1) is 20.2. The highest BCUT2D eigenvalue weighted by Crippen LogP contribution is 2.29. The average molecular weight is 390 g/mol. The van der Waals surface area contributed by atoms with E-state index in [1.807, 2.05) is 49.5 Å². The minimum Gasteiger partial charge on any atom is -1.00 e. The van der Waals surface area contributed by atoms with E-state index in [9.17, 15) is 0 Å². The van der Waals surface area contributed by atoms with E-state index in [0.29, 0.717) is 13.2 Å². The summed E-state index contributed by atoms with van der Waals surface area (Å²) in [6.45, 7) is 4.65. The molecule has 0 amide bonds. The number of halogens is 1. The molecule has 0 unspecified atom stereocenters. The van der Waals surface area contributed by atoms with Gasteiger partial charge in [-0.05, 0) is 48.2 Å². The molecular formula is C20H22ClN2O2S-. The molecule has 6 heteroatoms. The summed E-state index contributed by atoms with van der Waals surface area (Å²) in [6.07, 6.45) is 1.81. The number of nitrogens with zero attached hydrogens (tertiary/aromatic N) is 1. The highest BCUT2D eigenvalue weighted by molar-refractivity contribution is 7.09. The number of ether oxygens (including phenoxy) is 2. The molecule has 1 aromatic carbocycles. The fourth-order valence-electron chi connectivity index (χ4n) is 2.43. The third kappa shape index (κ3) is 6.02. The number of benzene rings is 1. The molecule has 2 heterocycles. The molecule has 0 aliphatic carbocycles. The highest BCUT2D eigenvalue weighted by atomic mass is 35.5. The fraction of sp³-hybridized carbons (Fsp3) is 0.250. The maximum absolute atomic E-state index is 5.92. The van der Waals surface area contributed by atoms with E-state index in [4.69, 9.17) is 9.47 Å². The third-order valence-corrected chi connectivity index (χ3v) is 4.47. The van der Waals surface area contributed by atoms with E-state index in [-0.39, 0.29) is 12.4 Å². The number of nitrogens with one attached hydrogen (secondary N) is 1. The second-order valence-corrected chi connectivity index (χ2v) is 6.54. The second kappa shape index (κ2) is 10.8. The van der Waals surface area contributed by atoms with Gasteiger partial charge in [-0.25, -0.2) is 0 Å². The summed E-state index contributed by atoms with van der Waals surface area (Å²) in [5, 5.41) is 5.46. The van der Waals surface area contributed by atoms with Gasteiger partial charge in [-0.3, -0.25) is 4.98 Å². The number of rotatable bonds is 9. The first-order valence-corrected chi connectivity index (χ1v) is 9.24. The van der Waals surface area contributed by atoms with Crippen molar-refractivity contribution < 1.29 is 21.9 Å². The van der Waals surface area contributed by atoms with Crippen LogP contribution in [0.25, 0.3) is 0 Å². The standard InChI is InChI=1S/C20H22N2O2S.ClH/c1-2-23-20-12-16(13-21-14-17-6-3-4-10-22-17)8-9-19(20)24-15-18-7-5-11-25-18;/h3-12,21H,2,13-15H2,1H3;1H/p-1. The zero-order chi connectivity index (χ0) is 17.3. The molecule has 2 aromatic heterocycles. The van der Waals surface area contributed by atoms with Gasteiger partial charge in [0.05, 0.1) is 12.3 Å². The number of pyridine rings is 1. The number of thiophene rings is 1. The molecule has 1 N–H and O–H groups in total. The summed E-state index contributed by atoms with van der Waals surface area (Å²) in [7, 11) is 0. The summed E-state index contributed by atoms with van der Waals surface area (Å²) in [4.78, 5) is 5.51. The summed E-state index contributed by atoms with van der Waals surface area (Å²) >= 11 is 1.69. The lowest BCUT2D eigenvalue weighted by Crippen LogP contribution is -3.00. The first-order chi connectivity index (χ1) is 12.3. The Morgan fingerprint density at radius 1 is 1.00 bits per heavy atom. The summed E-state index contributed by atoms with van der Waals surface area (Å²) in [5.74, 6) is 1.57. The van der Waals surface area contributed by atoms with Crippen LogP contribution in [-0.4, -0.2) is 11.6 Å². The van der Waals surface area contributed by atoms with Gasteiger partial charge in [0.15, 0.2) is 11.5 Å². The van der Waals surface area contributed by atoms with E-state index in [1.165, 1.54) is 4.88 Å². The van der Waals surface area contributed by atoms with Crippen molar-refractivity contribution in [2.75, 3.05) is 6.61 Å². The van der Waals surface area contributed by atoms with Crippen LogP contribution >= 0.6 is 11.3 Å². The predicted octanol–water partition coefficient (Wildman–Crippen LogP) is 1.41. The Labute approximate surface area is 164 Å². The first-order valence-electron chi connectivity index (χ1n) is 8.36. The van der Waals surface area contributed by atoms with Crippen LogP contribution in [0.4, 0.5) is 0 Å². The fourth-order valence-corrected chi connectivity index (χ4v) is 3.05. The maximum atomic E-state index is 5.92. The number of aromatic nitrogens is 1. The van der Waals surface area contributed by atoms with Crippen molar-refractivity contribution in [3.8, 4) is 11.5 Å². The SMILES string of the molecule is CCOc1cc(CNCc2ccccn2)ccc1OCc1cccs1.[Cl-]. The zero-order valence-corrected chi connectivity index (χ0v) is 16.2. The molecule has 3 rings (SSSR count). The lowest BCUT2D eigenvalue weighted by atomic mass is 10.2. The Morgan fingerprint density at radius 3 is 2.65 bits per heavy atom. The van der Waals surface area contributed by atoms with E-state index >= 15 is 0 Å². The van der Waals surface area contributed by atoms with Crippen molar-refractivity contribution in [2.45, 2.75) is 26.6 Å². The van der Waals surface area contributed by atoms with Crippen LogP contribution in [0.2, 0.25) is 0 Å². The van der Waals surface area contributed by atoms with Gasteiger partial charge < -0.3 is 27.2 Å². The largest absolute Gasteiger partial charge is 1.00 e. The van der Waals surface area contributed by atoms with Crippen molar-refractivity contribution in [2.24, 2.45) is 0 Å². The molecule has 0 radical (unpaired) electrons. The number of hydrogen-bond donors (Lipinski definition) is 1. The Morgan fingerprint density at radius 2 is 1.92 bits per heavy atom. The summed E-state index contributed by atoms with van der Waals surface area (Å²) in [6, 6.07) is 16.1. The molecule has 0 saturated heterocycles. The Bertz CT molecular complexity index is 767. The van der Waals surface area contributed by atoms with Gasteiger partial charge in [0.2, 0.25) is 0 Å². The van der Waals surface area contributed by atoms with E-state index < -0.39 is 0 Å². The molecule has 26 heavy (non-hydrogen) atoms. The van der Waals surface area contributed by atoms with Gasteiger partial charge in [-0.15, -0.1) is 11.3 Å². The summed E-state index contributed by atoms with van der Waals surface area (Å²) < 4.78 is 11.7.